The van der Waals surface area contributed by atoms with E-state index < -0.39 is 14.1 Å². The number of rotatable bonds is 7. The summed E-state index contributed by atoms with van der Waals surface area (Å²) < 4.78 is 18.7. The molecule has 1 heterocycles. The minimum Gasteiger partial charge on any atom is -0.407 e. The molecule has 2 aromatic carbocycles. The van der Waals surface area contributed by atoms with Gasteiger partial charge in [-0.2, -0.15) is 0 Å². The molecular weight excluding hydrogens is 380 g/mol. The molecule has 0 aromatic heterocycles. The van der Waals surface area contributed by atoms with Gasteiger partial charge in [0.1, 0.15) is 6.10 Å². The Morgan fingerprint density at radius 3 is 1.83 bits per heavy atom. The summed E-state index contributed by atoms with van der Waals surface area (Å²) in [5.74, 6) is -0.671. The first-order chi connectivity index (χ1) is 13.7. The summed E-state index contributed by atoms with van der Waals surface area (Å²) in [4.78, 5) is 0. The normalized spacial score (nSPS) is 22.0. The van der Waals surface area contributed by atoms with Crippen molar-refractivity contribution in [2.75, 3.05) is 13.2 Å². The molecule has 1 fully saturated rings. The summed E-state index contributed by atoms with van der Waals surface area (Å²) in [7, 11) is -2.55. The van der Waals surface area contributed by atoms with Crippen molar-refractivity contribution in [1.29, 1.82) is 0 Å². The third-order valence-corrected chi connectivity index (χ3v) is 10.6. The van der Waals surface area contributed by atoms with Crippen LogP contribution < -0.4 is 10.4 Å². The number of ether oxygens (including phenoxy) is 2. The summed E-state index contributed by atoms with van der Waals surface area (Å²) >= 11 is 0. The molecule has 1 aliphatic rings. The summed E-state index contributed by atoms with van der Waals surface area (Å²) in [5.41, 5.74) is 0. The van der Waals surface area contributed by atoms with Crippen molar-refractivity contribution < 1.29 is 19.0 Å². The van der Waals surface area contributed by atoms with Crippen molar-refractivity contribution in [1.82, 2.24) is 0 Å². The molecule has 0 spiro atoms. The zero-order valence-corrected chi connectivity index (χ0v) is 19.2. The number of hydrogen-bond acceptors (Lipinski definition) is 4. The molecule has 1 saturated heterocycles. The van der Waals surface area contributed by atoms with E-state index in [2.05, 4.69) is 69.3 Å². The van der Waals surface area contributed by atoms with Crippen LogP contribution in [0.15, 0.2) is 60.7 Å². The molecule has 1 aliphatic heterocycles. The smallest absolute Gasteiger partial charge is 0.261 e. The molecule has 4 nitrogen and oxygen atoms in total. The second-order valence-corrected chi connectivity index (χ2v) is 13.5. The highest BCUT2D eigenvalue weighted by atomic mass is 28.4. The number of hydrogen-bond donors (Lipinski definition) is 1. The maximum Gasteiger partial charge on any atom is 0.261 e. The van der Waals surface area contributed by atoms with Crippen molar-refractivity contribution in [3.05, 3.63) is 60.7 Å². The van der Waals surface area contributed by atoms with E-state index in [-0.39, 0.29) is 23.9 Å². The lowest BCUT2D eigenvalue weighted by molar-refractivity contribution is -0.149. The van der Waals surface area contributed by atoms with Crippen LogP contribution in [-0.4, -0.2) is 44.6 Å². The molecular formula is C24H34O4Si. The zero-order valence-electron chi connectivity index (χ0n) is 18.2. The van der Waals surface area contributed by atoms with Crippen molar-refractivity contribution >= 4 is 18.7 Å². The number of aliphatic hydroxyl groups excluding tert-OH is 1. The minimum atomic E-state index is -2.55. The molecule has 0 saturated carbocycles. The fraction of sp³-hybridized carbons (Fsp3) is 0.500. The fourth-order valence-electron chi connectivity index (χ4n) is 4.40. The summed E-state index contributed by atoms with van der Waals surface area (Å²) in [6, 6.07) is 21.2. The van der Waals surface area contributed by atoms with E-state index >= 15 is 0 Å². The van der Waals surface area contributed by atoms with Crippen molar-refractivity contribution in [3.8, 4) is 0 Å². The largest absolute Gasteiger partial charge is 0.407 e. The van der Waals surface area contributed by atoms with Crippen LogP contribution in [0.2, 0.25) is 5.04 Å². The lowest BCUT2D eigenvalue weighted by atomic mass is 10.1. The Balaban J connectivity index is 1.90. The standard InChI is InChI=1S/C24H34O4Si/c1-23(2,3)29(19-12-8-6-9-13-19,20-14-10-7-11-15-20)26-17-16-21-22(18-25)28-24(4,5)27-21/h6-15,21-22,25H,16-18H2,1-5H3. The van der Waals surface area contributed by atoms with E-state index in [1.165, 1.54) is 10.4 Å². The molecule has 29 heavy (non-hydrogen) atoms. The fourth-order valence-corrected chi connectivity index (χ4v) is 8.98. The average molecular weight is 415 g/mol. The minimum absolute atomic E-state index is 0.0483. The van der Waals surface area contributed by atoms with Crippen molar-refractivity contribution in [3.63, 3.8) is 0 Å². The predicted molar refractivity (Wildman–Crippen MR) is 119 cm³/mol. The van der Waals surface area contributed by atoms with Crippen LogP contribution >= 0.6 is 0 Å². The quantitative estimate of drug-likeness (QED) is 0.705. The zero-order chi connectivity index (χ0) is 21.1. The summed E-state index contributed by atoms with van der Waals surface area (Å²) in [5, 5.41) is 12.1. The van der Waals surface area contributed by atoms with Gasteiger partial charge in [-0.1, -0.05) is 81.4 Å². The van der Waals surface area contributed by atoms with Gasteiger partial charge in [-0.25, -0.2) is 0 Å². The first-order valence-electron chi connectivity index (χ1n) is 10.4. The second-order valence-electron chi connectivity index (χ2n) is 9.20. The molecule has 0 aliphatic carbocycles. The van der Waals surface area contributed by atoms with Crippen LogP contribution in [0.1, 0.15) is 41.0 Å². The van der Waals surface area contributed by atoms with Gasteiger partial charge in [0.25, 0.3) is 8.32 Å². The van der Waals surface area contributed by atoms with Gasteiger partial charge < -0.3 is 19.0 Å². The topological polar surface area (TPSA) is 47.9 Å². The van der Waals surface area contributed by atoms with Crippen LogP contribution in [0, 0.1) is 0 Å². The highest BCUT2D eigenvalue weighted by Gasteiger charge is 2.50. The Morgan fingerprint density at radius 1 is 0.897 bits per heavy atom. The SMILES string of the molecule is CC1(C)OC(CO)C(CCO[Si](c2ccccc2)(c2ccccc2)C(C)(C)C)O1. The third-order valence-electron chi connectivity index (χ3n) is 5.60. The van der Waals surface area contributed by atoms with Crippen LogP contribution in [-0.2, 0) is 13.9 Å². The Bertz CT molecular complexity index is 731. The molecule has 0 bridgehead atoms. The molecule has 158 valence electrons. The van der Waals surface area contributed by atoms with Gasteiger partial charge >= 0.3 is 0 Å². The third kappa shape index (κ3) is 4.65. The van der Waals surface area contributed by atoms with E-state index in [1.54, 1.807) is 0 Å². The summed E-state index contributed by atoms with van der Waals surface area (Å²) in [6.45, 7) is 11.1. The molecule has 2 atom stereocenters. The molecule has 0 amide bonds. The lowest BCUT2D eigenvalue weighted by Crippen LogP contribution is -2.66. The van der Waals surface area contributed by atoms with E-state index in [0.29, 0.717) is 13.0 Å². The van der Waals surface area contributed by atoms with Gasteiger partial charge in [0, 0.05) is 6.61 Å². The van der Waals surface area contributed by atoms with Gasteiger partial charge in [-0.15, -0.1) is 0 Å². The van der Waals surface area contributed by atoms with Crippen LogP contribution in [0.4, 0.5) is 0 Å². The number of aliphatic hydroxyl groups is 1. The van der Waals surface area contributed by atoms with E-state index in [0.717, 1.165) is 0 Å². The Hall–Kier alpha value is -1.50. The monoisotopic (exact) mass is 414 g/mol. The predicted octanol–water partition coefficient (Wildman–Crippen LogP) is 3.47. The molecule has 2 aromatic rings. The van der Waals surface area contributed by atoms with Crippen LogP contribution in [0.5, 0.6) is 0 Å². The Labute approximate surface area is 176 Å². The molecule has 2 unspecified atom stereocenters. The highest BCUT2D eigenvalue weighted by Crippen LogP contribution is 2.37. The second kappa shape index (κ2) is 8.70. The average Bonchev–Trinajstić information content (AvgIpc) is 2.99. The van der Waals surface area contributed by atoms with Gasteiger partial charge in [0.05, 0.1) is 12.7 Å². The molecule has 1 N–H and O–H groups in total. The summed E-state index contributed by atoms with van der Waals surface area (Å²) in [6.07, 6.45) is 0.195. The van der Waals surface area contributed by atoms with E-state index in [1.807, 2.05) is 26.0 Å². The Morgan fingerprint density at radius 2 is 1.38 bits per heavy atom. The maximum atomic E-state index is 9.68. The molecule has 5 heteroatoms. The lowest BCUT2D eigenvalue weighted by Gasteiger charge is -2.43. The molecule has 3 rings (SSSR count). The van der Waals surface area contributed by atoms with Gasteiger partial charge in [-0.05, 0) is 35.7 Å². The highest BCUT2D eigenvalue weighted by molar-refractivity contribution is 6.99. The van der Waals surface area contributed by atoms with Crippen LogP contribution in [0.25, 0.3) is 0 Å². The Kier molecular flexibility index (Phi) is 6.66. The van der Waals surface area contributed by atoms with Gasteiger partial charge in [0.2, 0.25) is 0 Å². The first kappa shape index (κ1) is 22.2. The van der Waals surface area contributed by atoms with E-state index in [4.69, 9.17) is 13.9 Å². The maximum absolute atomic E-state index is 9.68. The van der Waals surface area contributed by atoms with E-state index in [9.17, 15) is 5.11 Å². The van der Waals surface area contributed by atoms with Gasteiger partial charge in [-0.3, -0.25) is 0 Å². The number of benzene rings is 2. The van der Waals surface area contributed by atoms with Crippen molar-refractivity contribution in [2.24, 2.45) is 0 Å². The van der Waals surface area contributed by atoms with Gasteiger partial charge in [0.15, 0.2) is 5.79 Å². The molecule has 0 radical (unpaired) electrons. The van der Waals surface area contributed by atoms with Crippen molar-refractivity contribution in [2.45, 2.75) is 64.1 Å². The first-order valence-corrected chi connectivity index (χ1v) is 12.3. The van der Waals surface area contributed by atoms with Crippen LogP contribution in [0.3, 0.4) is 0 Å².